The summed E-state index contributed by atoms with van der Waals surface area (Å²) < 4.78 is 0. The lowest BCUT2D eigenvalue weighted by molar-refractivity contribution is 0.258. The first kappa shape index (κ1) is 15.5. The minimum Gasteiger partial charge on any atom is -0.396 e. The highest BCUT2D eigenvalue weighted by molar-refractivity contribution is 5.83. The van der Waals surface area contributed by atoms with Gasteiger partial charge in [-0.15, -0.1) is 0 Å². The zero-order valence-electron chi connectivity index (χ0n) is 14.2. The first-order valence-corrected chi connectivity index (χ1v) is 8.60. The fraction of sp³-hybridized carbons (Fsp3) is 0.550. The van der Waals surface area contributed by atoms with E-state index < -0.39 is 0 Å². The first-order chi connectivity index (χ1) is 10.6. The summed E-state index contributed by atoms with van der Waals surface area (Å²) in [6.45, 7) is 9.10. The molecule has 0 spiro atoms. The highest BCUT2D eigenvalue weighted by Crippen LogP contribution is 2.62. The zero-order chi connectivity index (χ0) is 15.9. The molecule has 22 heavy (non-hydrogen) atoms. The van der Waals surface area contributed by atoms with Crippen LogP contribution in [0.4, 0.5) is 0 Å². The molecular formula is C20H27NO. The van der Waals surface area contributed by atoms with Crippen molar-refractivity contribution in [2.75, 3.05) is 6.61 Å². The highest BCUT2D eigenvalue weighted by Gasteiger charge is 2.61. The molecule has 3 unspecified atom stereocenters. The number of nitrogens with zero attached hydrogens (tertiary/aromatic N) is 1. The fourth-order valence-electron chi connectivity index (χ4n) is 4.52. The third kappa shape index (κ3) is 2.16. The number of pyridine rings is 1. The minimum absolute atomic E-state index is 0.174. The number of aromatic nitrogens is 1. The van der Waals surface area contributed by atoms with E-state index in [1.54, 1.807) is 0 Å². The zero-order valence-corrected chi connectivity index (χ0v) is 14.2. The van der Waals surface area contributed by atoms with Gasteiger partial charge in [0, 0.05) is 23.1 Å². The van der Waals surface area contributed by atoms with Crippen molar-refractivity contribution in [2.45, 2.75) is 52.4 Å². The van der Waals surface area contributed by atoms with Gasteiger partial charge in [0.15, 0.2) is 0 Å². The van der Waals surface area contributed by atoms with Gasteiger partial charge in [-0.1, -0.05) is 33.3 Å². The number of benzene rings is 1. The Morgan fingerprint density at radius 1 is 1.23 bits per heavy atom. The molecule has 0 amide bonds. The van der Waals surface area contributed by atoms with E-state index in [0.717, 1.165) is 30.5 Å². The van der Waals surface area contributed by atoms with Gasteiger partial charge in [0.05, 0.1) is 5.52 Å². The van der Waals surface area contributed by atoms with Crippen LogP contribution in [-0.2, 0) is 11.8 Å². The number of hydrogen-bond acceptors (Lipinski definition) is 2. The van der Waals surface area contributed by atoms with Gasteiger partial charge in [-0.2, -0.15) is 0 Å². The molecule has 1 saturated carbocycles. The summed E-state index contributed by atoms with van der Waals surface area (Å²) in [5, 5.41) is 11.0. The van der Waals surface area contributed by atoms with E-state index >= 15 is 0 Å². The molecule has 3 atom stereocenters. The maximum atomic E-state index is 9.74. The SMILES string of the molecule is CCCC1(c2ccc3nc(C)cc(CC)c3c2)C(C)C1CO. The Morgan fingerprint density at radius 3 is 2.59 bits per heavy atom. The van der Waals surface area contributed by atoms with Crippen LogP contribution in [0.25, 0.3) is 10.9 Å². The average Bonchev–Trinajstić information content (AvgIpc) is 3.10. The number of aryl methyl sites for hydroxylation is 2. The number of rotatable bonds is 5. The van der Waals surface area contributed by atoms with Crippen LogP contribution in [0.2, 0.25) is 0 Å². The van der Waals surface area contributed by atoms with Crippen LogP contribution in [0.3, 0.4) is 0 Å². The normalized spacial score (nSPS) is 27.3. The van der Waals surface area contributed by atoms with Crippen LogP contribution >= 0.6 is 0 Å². The Labute approximate surface area is 133 Å². The Hall–Kier alpha value is -1.41. The molecule has 1 aliphatic carbocycles. The van der Waals surface area contributed by atoms with E-state index in [1.165, 1.54) is 16.5 Å². The predicted molar refractivity (Wildman–Crippen MR) is 92.2 cm³/mol. The first-order valence-electron chi connectivity index (χ1n) is 8.60. The number of hydrogen-bond donors (Lipinski definition) is 1. The summed E-state index contributed by atoms with van der Waals surface area (Å²) >= 11 is 0. The molecule has 3 rings (SSSR count). The number of aliphatic hydroxyl groups excluding tert-OH is 1. The van der Waals surface area contributed by atoms with Gasteiger partial charge in [-0.05, 0) is 60.9 Å². The molecule has 1 fully saturated rings. The molecule has 1 aromatic heterocycles. The highest BCUT2D eigenvalue weighted by atomic mass is 16.3. The summed E-state index contributed by atoms with van der Waals surface area (Å²) in [5.41, 5.74) is 5.14. The van der Waals surface area contributed by atoms with Crippen molar-refractivity contribution in [3.05, 3.63) is 41.1 Å². The Bertz CT molecular complexity index is 693. The molecule has 118 valence electrons. The van der Waals surface area contributed by atoms with Gasteiger partial charge in [0.1, 0.15) is 0 Å². The van der Waals surface area contributed by atoms with E-state index in [1.807, 2.05) is 0 Å². The van der Waals surface area contributed by atoms with Gasteiger partial charge >= 0.3 is 0 Å². The molecule has 1 aliphatic rings. The molecule has 2 nitrogen and oxygen atoms in total. The van der Waals surface area contributed by atoms with E-state index in [2.05, 4.69) is 56.9 Å². The van der Waals surface area contributed by atoms with Crippen LogP contribution in [0, 0.1) is 18.8 Å². The van der Waals surface area contributed by atoms with Crippen molar-refractivity contribution >= 4 is 10.9 Å². The van der Waals surface area contributed by atoms with Crippen LogP contribution < -0.4 is 0 Å². The van der Waals surface area contributed by atoms with Crippen LogP contribution in [0.5, 0.6) is 0 Å². The smallest absolute Gasteiger partial charge is 0.0708 e. The summed E-state index contributed by atoms with van der Waals surface area (Å²) in [4.78, 5) is 4.68. The maximum Gasteiger partial charge on any atom is 0.0708 e. The standard InChI is InChI=1S/C20H27NO/c1-5-9-20(14(4)18(20)12-22)16-7-8-19-17(11-16)15(6-2)10-13(3)21-19/h7-8,10-11,14,18,22H,5-6,9,12H2,1-4H3. The molecule has 0 saturated heterocycles. The second-order valence-corrected chi connectivity index (χ2v) is 6.88. The van der Waals surface area contributed by atoms with Crippen molar-refractivity contribution in [3.8, 4) is 0 Å². The van der Waals surface area contributed by atoms with Crippen LogP contribution in [-0.4, -0.2) is 16.7 Å². The lowest BCUT2D eigenvalue weighted by atomic mass is 9.86. The van der Waals surface area contributed by atoms with E-state index in [4.69, 9.17) is 0 Å². The lowest BCUT2D eigenvalue weighted by Gasteiger charge is -2.19. The lowest BCUT2D eigenvalue weighted by Crippen LogP contribution is -2.13. The molecular weight excluding hydrogens is 270 g/mol. The van der Waals surface area contributed by atoms with Crippen molar-refractivity contribution in [2.24, 2.45) is 11.8 Å². The van der Waals surface area contributed by atoms with Crippen molar-refractivity contribution in [1.82, 2.24) is 4.98 Å². The Balaban J connectivity index is 2.14. The monoisotopic (exact) mass is 297 g/mol. The molecule has 1 aromatic carbocycles. The van der Waals surface area contributed by atoms with Gasteiger partial charge < -0.3 is 5.11 Å². The topological polar surface area (TPSA) is 33.1 Å². The maximum absolute atomic E-state index is 9.74. The average molecular weight is 297 g/mol. The van der Waals surface area contributed by atoms with Crippen molar-refractivity contribution < 1.29 is 5.11 Å². The quantitative estimate of drug-likeness (QED) is 0.887. The van der Waals surface area contributed by atoms with Gasteiger partial charge in [-0.25, -0.2) is 0 Å². The second-order valence-electron chi connectivity index (χ2n) is 6.88. The minimum atomic E-state index is 0.174. The second kappa shape index (κ2) is 5.66. The summed E-state index contributed by atoms with van der Waals surface area (Å²) in [6.07, 6.45) is 3.35. The Kier molecular flexibility index (Phi) is 3.98. The van der Waals surface area contributed by atoms with E-state index in [-0.39, 0.29) is 5.41 Å². The fourth-order valence-corrected chi connectivity index (χ4v) is 4.52. The van der Waals surface area contributed by atoms with E-state index in [0.29, 0.717) is 18.4 Å². The molecule has 0 aliphatic heterocycles. The molecule has 2 aromatic rings. The molecule has 2 heteroatoms. The number of fused-ring (bicyclic) bond motifs is 1. The van der Waals surface area contributed by atoms with E-state index in [9.17, 15) is 5.11 Å². The Morgan fingerprint density at radius 2 is 2.00 bits per heavy atom. The van der Waals surface area contributed by atoms with Gasteiger partial charge in [0.2, 0.25) is 0 Å². The largest absolute Gasteiger partial charge is 0.396 e. The van der Waals surface area contributed by atoms with Gasteiger partial charge in [-0.3, -0.25) is 4.98 Å². The summed E-state index contributed by atoms with van der Waals surface area (Å²) in [6, 6.07) is 8.98. The molecule has 1 heterocycles. The van der Waals surface area contributed by atoms with Crippen LogP contribution in [0.1, 0.15) is 50.4 Å². The molecule has 0 bridgehead atoms. The van der Waals surface area contributed by atoms with Crippen LogP contribution in [0.15, 0.2) is 24.3 Å². The molecule has 0 radical (unpaired) electrons. The third-order valence-corrected chi connectivity index (χ3v) is 5.77. The number of aliphatic hydroxyl groups is 1. The van der Waals surface area contributed by atoms with Crippen molar-refractivity contribution in [1.29, 1.82) is 0 Å². The summed E-state index contributed by atoms with van der Waals surface area (Å²) in [7, 11) is 0. The summed E-state index contributed by atoms with van der Waals surface area (Å²) in [5.74, 6) is 0.978. The predicted octanol–water partition coefficient (Wildman–Crippen LogP) is 4.40. The molecule has 1 N–H and O–H groups in total. The third-order valence-electron chi connectivity index (χ3n) is 5.77. The van der Waals surface area contributed by atoms with Crippen molar-refractivity contribution in [3.63, 3.8) is 0 Å². The van der Waals surface area contributed by atoms with Gasteiger partial charge in [0.25, 0.3) is 0 Å².